The van der Waals surface area contributed by atoms with Crippen molar-refractivity contribution in [3.05, 3.63) is 33.7 Å². The van der Waals surface area contributed by atoms with Crippen molar-refractivity contribution in [2.24, 2.45) is 0 Å². The molecule has 0 saturated heterocycles. The van der Waals surface area contributed by atoms with Gasteiger partial charge in [0.05, 0.1) is 5.69 Å². The van der Waals surface area contributed by atoms with E-state index in [1.54, 1.807) is 0 Å². The van der Waals surface area contributed by atoms with E-state index in [0.29, 0.717) is 5.15 Å². The van der Waals surface area contributed by atoms with E-state index in [-0.39, 0.29) is 0 Å². The Morgan fingerprint density at radius 3 is 2.44 bits per heavy atom. The van der Waals surface area contributed by atoms with Crippen LogP contribution in [-0.4, -0.2) is 20.0 Å². The van der Waals surface area contributed by atoms with Gasteiger partial charge in [-0.05, 0) is 38.3 Å². The Labute approximate surface area is 112 Å². The second-order valence-electron chi connectivity index (χ2n) is 4.31. The van der Waals surface area contributed by atoms with E-state index in [0.717, 1.165) is 41.2 Å². The summed E-state index contributed by atoms with van der Waals surface area (Å²) >= 11 is 5.98. The Hall–Kier alpha value is -1.42. The Kier molecular flexibility index (Phi) is 3.66. The zero-order chi connectivity index (χ0) is 13.3. The van der Waals surface area contributed by atoms with Gasteiger partial charge in [-0.25, -0.2) is 4.68 Å². The van der Waals surface area contributed by atoms with E-state index < -0.39 is 0 Å². The minimum Gasteiger partial charge on any atom is -0.217 e. The van der Waals surface area contributed by atoms with Gasteiger partial charge in [0.2, 0.25) is 0 Å². The molecule has 2 aromatic rings. The molecule has 5 heteroatoms. The van der Waals surface area contributed by atoms with Crippen LogP contribution in [0.25, 0.3) is 5.82 Å². The summed E-state index contributed by atoms with van der Waals surface area (Å²) < 4.78 is 1.88. The quantitative estimate of drug-likeness (QED) is 0.856. The number of rotatable bonds is 3. The van der Waals surface area contributed by atoms with Gasteiger partial charge in [0.25, 0.3) is 0 Å². The second-order valence-corrected chi connectivity index (χ2v) is 4.67. The first-order valence-corrected chi connectivity index (χ1v) is 6.53. The highest BCUT2D eigenvalue weighted by Gasteiger charge is 2.14. The van der Waals surface area contributed by atoms with Crippen molar-refractivity contribution in [2.75, 3.05) is 0 Å². The predicted octanol–water partition coefficient (Wildman–Crippen LogP) is 3.06. The maximum Gasteiger partial charge on any atom is 0.179 e. The minimum atomic E-state index is 0.456. The molecule has 4 nitrogen and oxygen atoms in total. The fourth-order valence-corrected chi connectivity index (χ4v) is 2.03. The van der Waals surface area contributed by atoms with Crippen molar-refractivity contribution >= 4 is 11.6 Å². The topological polar surface area (TPSA) is 43.6 Å². The molecule has 0 aromatic carbocycles. The molecule has 0 amide bonds. The van der Waals surface area contributed by atoms with Crippen molar-refractivity contribution in [1.82, 2.24) is 20.0 Å². The average molecular weight is 265 g/mol. The monoisotopic (exact) mass is 264 g/mol. The van der Waals surface area contributed by atoms with Gasteiger partial charge in [-0.3, -0.25) is 0 Å². The van der Waals surface area contributed by atoms with Crippen LogP contribution in [0.5, 0.6) is 0 Å². The summed E-state index contributed by atoms with van der Waals surface area (Å²) in [6, 6.07) is 2.12. The molecule has 0 radical (unpaired) electrons. The number of aromatic nitrogens is 4. The van der Waals surface area contributed by atoms with Gasteiger partial charge in [-0.15, -0.1) is 10.2 Å². The molecule has 0 bridgehead atoms. The van der Waals surface area contributed by atoms with Crippen LogP contribution in [0.4, 0.5) is 0 Å². The van der Waals surface area contributed by atoms with Gasteiger partial charge in [0.1, 0.15) is 0 Å². The van der Waals surface area contributed by atoms with Crippen molar-refractivity contribution in [3.63, 3.8) is 0 Å². The summed E-state index contributed by atoms with van der Waals surface area (Å²) in [7, 11) is 0. The molecule has 0 N–H and O–H groups in total. The lowest BCUT2D eigenvalue weighted by Crippen LogP contribution is -2.09. The normalized spacial score (nSPS) is 10.9. The summed E-state index contributed by atoms with van der Waals surface area (Å²) in [6.07, 6.45) is 1.83. The summed E-state index contributed by atoms with van der Waals surface area (Å²) in [5, 5.41) is 13.2. The predicted molar refractivity (Wildman–Crippen MR) is 72.4 cm³/mol. The van der Waals surface area contributed by atoms with Crippen molar-refractivity contribution in [2.45, 2.75) is 40.5 Å². The molecule has 18 heavy (non-hydrogen) atoms. The zero-order valence-electron chi connectivity index (χ0n) is 11.2. The van der Waals surface area contributed by atoms with Crippen molar-refractivity contribution in [1.29, 1.82) is 0 Å². The lowest BCUT2D eigenvalue weighted by atomic mass is 10.2. The lowest BCUT2D eigenvalue weighted by molar-refractivity contribution is 0.745. The maximum absolute atomic E-state index is 5.98. The summed E-state index contributed by atoms with van der Waals surface area (Å²) in [6.45, 7) is 8.15. The van der Waals surface area contributed by atoms with Crippen LogP contribution in [0.1, 0.15) is 36.4 Å². The van der Waals surface area contributed by atoms with Gasteiger partial charge in [-0.1, -0.05) is 25.4 Å². The van der Waals surface area contributed by atoms with E-state index >= 15 is 0 Å². The number of halogens is 1. The molecule has 0 saturated carbocycles. The first kappa shape index (κ1) is 13.0. The minimum absolute atomic E-state index is 0.456. The Balaban J connectivity index is 2.61. The first-order chi connectivity index (χ1) is 8.58. The van der Waals surface area contributed by atoms with Crippen LogP contribution in [0.3, 0.4) is 0 Å². The molecule has 2 rings (SSSR count). The van der Waals surface area contributed by atoms with Crippen LogP contribution in [-0.2, 0) is 12.8 Å². The van der Waals surface area contributed by atoms with Gasteiger partial charge < -0.3 is 0 Å². The highest BCUT2D eigenvalue weighted by molar-refractivity contribution is 6.30. The van der Waals surface area contributed by atoms with Crippen LogP contribution in [0, 0.1) is 13.8 Å². The van der Waals surface area contributed by atoms with E-state index in [1.807, 2.05) is 18.5 Å². The van der Waals surface area contributed by atoms with Crippen LogP contribution >= 0.6 is 11.6 Å². The van der Waals surface area contributed by atoms with E-state index in [2.05, 4.69) is 35.2 Å². The fourth-order valence-electron chi connectivity index (χ4n) is 1.85. The third-order valence-corrected chi connectivity index (χ3v) is 3.56. The molecule has 0 aliphatic rings. The standard InChI is InChI=1S/C13H17ClN4/c1-5-10-7-11(6-2)18(17-10)13-9(4)8(3)12(14)15-16-13/h7H,5-6H2,1-4H3. The molecule has 0 aliphatic carbocycles. The van der Waals surface area contributed by atoms with Crippen molar-refractivity contribution in [3.8, 4) is 5.82 Å². The fraction of sp³-hybridized carbons (Fsp3) is 0.462. The molecule has 0 fully saturated rings. The van der Waals surface area contributed by atoms with Gasteiger partial charge in [-0.2, -0.15) is 5.10 Å². The average Bonchev–Trinajstić information content (AvgIpc) is 2.79. The van der Waals surface area contributed by atoms with E-state index in [9.17, 15) is 0 Å². The molecule has 0 aliphatic heterocycles. The molecule has 0 unspecified atom stereocenters. The molecule has 2 heterocycles. The highest BCUT2D eigenvalue weighted by Crippen LogP contribution is 2.21. The van der Waals surface area contributed by atoms with Crippen LogP contribution in [0.15, 0.2) is 6.07 Å². The smallest absolute Gasteiger partial charge is 0.179 e. The maximum atomic E-state index is 5.98. The lowest BCUT2D eigenvalue weighted by Gasteiger charge is -2.10. The number of hydrogen-bond acceptors (Lipinski definition) is 3. The van der Waals surface area contributed by atoms with E-state index in [4.69, 9.17) is 11.6 Å². The number of nitrogens with zero attached hydrogens (tertiary/aromatic N) is 4. The number of hydrogen-bond donors (Lipinski definition) is 0. The Morgan fingerprint density at radius 2 is 1.83 bits per heavy atom. The van der Waals surface area contributed by atoms with Crippen LogP contribution < -0.4 is 0 Å². The first-order valence-electron chi connectivity index (χ1n) is 6.16. The SMILES string of the molecule is CCc1cc(CC)n(-c2nnc(Cl)c(C)c2C)n1. The largest absolute Gasteiger partial charge is 0.217 e. The van der Waals surface area contributed by atoms with Crippen molar-refractivity contribution < 1.29 is 0 Å². The second kappa shape index (κ2) is 5.06. The summed E-state index contributed by atoms with van der Waals surface area (Å²) in [4.78, 5) is 0. The highest BCUT2D eigenvalue weighted by atomic mass is 35.5. The summed E-state index contributed by atoms with van der Waals surface area (Å²) in [5.74, 6) is 0.772. The van der Waals surface area contributed by atoms with Gasteiger partial charge in [0, 0.05) is 11.3 Å². The molecule has 2 aromatic heterocycles. The number of aryl methyl sites for hydroxylation is 2. The molecular weight excluding hydrogens is 248 g/mol. The van der Waals surface area contributed by atoms with Gasteiger partial charge in [0.15, 0.2) is 11.0 Å². The Morgan fingerprint density at radius 1 is 1.11 bits per heavy atom. The molecule has 0 atom stereocenters. The third kappa shape index (κ3) is 2.12. The Bertz CT molecular complexity index is 575. The summed E-state index contributed by atoms with van der Waals surface area (Å²) in [5.41, 5.74) is 4.19. The molecular formula is C13H17ClN4. The molecule has 96 valence electrons. The van der Waals surface area contributed by atoms with Gasteiger partial charge >= 0.3 is 0 Å². The van der Waals surface area contributed by atoms with E-state index in [1.165, 1.54) is 0 Å². The zero-order valence-corrected chi connectivity index (χ0v) is 11.9. The molecule has 0 spiro atoms. The third-order valence-electron chi connectivity index (χ3n) is 3.20. The van der Waals surface area contributed by atoms with Crippen LogP contribution in [0.2, 0.25) is 5.15 Å².